The van der Waals surface area contributed by atoms with Crippen molar-refractivity contribution in [2.45, 2.75) is 24.5 Å². The molecule has 1 saturated heterocycles. The summed E-state index contributed by atoms with van der Waals surface area (Å²) in [4.78, 5) is 8.07. The van der Waals surface area contributed by atoms with Crippen molar-refractivity contribution in [2.75, 3.05) is 10.2 Å². The summed E-state index contributed by atoms with van der Waals surface area (Å²) in [6.45, 7) is 0. The Balaban J connectivity index is 2.04. The fourth-order valence-electron chi connectivity index (χ4n) is 2.28. The number of halogens is 1. The van der Waals surface area contributed by atoms with Crippen molar-refractivity contribution < 1.29 is 14.9 Å². The van der Waals surface area contributed by atoms with Crippen LogP contribution in [0.25, 0.3) is 11.0 Å². The average molecular weight is 376 g/mol. The molecule has 0 aromatic carbocycles. The van der Waals surface area contributed by atoms with Crippen molar-refractivity contribution in [3.8, 4) is 0 Å². The van der Waals surface area contributed by atoms with E-state index in [1.54, 1.807) is 16.8 Å². The van der Waals surface area contributed by atoms with E-state index >= 15 is 0 Å². The van der Waals surface area contributed by atoms with E-state index < -0.39 is 24.5 Å². The normalized spacial score (nSPS) is 31.1. The molecule has 19 heavy (non-hydrogen) atoms. The highest BCUT2D eigenvalue weighted by Crippen LogP contribution is 2.33. The zero-order valence-electron chi connectivity index (χ0n) is 9.85. The quantitative estimate of drug-likeness (QED) is 0.506. The van der Waals surface area contributed by atoms with Crippen molar-refractivity contribution in [1.29, 1.82) is 0 Å². The summed E-state index contributed by atoms with van der Waals surface area (Å²) >= 11 is 2.12. The second-order valence-electron chi connectivity index (χ2n) is 4.42. The zero-order chi connectivity index (χ0) is 13.6. The van der Waals surface area contributed by atoms with Crippen LogP contribution in [0.2, 0.25) is 0 Å². The van der Waals surface area contributed by atoms with Gasteiger partial charge >= 0.3 is 0 Å². The first-order valence-electron chi connectivity index (χ1n) is 5.78. The monoisotopic (exact) mass is 376 g/mol. The number of aromatic nitrogens is 3. The number of nitrogen functional groups attached to an aromatic ring is 1. The van der Waals surface area contributed by atoms with Crippen molar-refractivity contribution in [3.05, 3.63) is 18.6 Å². The highest BCUT2D eigenvalue weighted by Gasteiger charge is 2.43. The molecule has 0 amide bonds. The molecule has 2 aromatic heterocycles. The molecule has 8 heteroatoms. The van der Waals surface area contributed by atoms with Gasteiger partial charge in [-0.25, -0.2) is 9.97 Å². The molecule has 1 fully saturated rings. The van der Waals surface area contributed by atoms with E-state index in [4.69, 9.17) is 10.5 Å². The van der Waals surface area contributed by atoms with Crippen LogP contribution < -0.4 is 5.73 Å². The summed E-state index contributed by atoms with van der Waals surface area (Å²) in [5.41, 5.74) is 6.35. The van der Waals surface area contributed by atoms with Crippen LogP contribution in [0.15, 0.2) is 18.6 Å². The number of alkyl halides is 1. The predicted octanol–water partition coefficient (Wildman–Crippen LogP) is 0.0677. The molecule has 7 nitrogen and oxygen atoms in total. The van der Waals surface area contributed by atoms with E-state index in [1.807, 2.05) is 0 Å². The Morgan fingerprint density at radius 1 is 1.37 bits per heavy atom. The lowest BCUT2D eigenvalue weighted by atomic mass is 10.1. The molecular formula is C11H13IN4O3. The Kier molecular flexibility index (Phi) is 3.33. The lowest BCUT2D eigenvalue weighted by molar-refractivity contribution is -0.0279. The number of anilines is 1. The van der Waals surface area contributed by atoms with Gasteiger partial charge < -0.3 is 25.3 Å². The molecule has 3 rings (SSSR count). The molecule has 102 valence electrons. The molecule has 0 aliphatic carbocycles. The smallest absolute Gasteiger partial charge is 0.164 e. The van der Waals surface area contributed by atoms with Gasteiger partial charge in [-0.2, -0.15) is 0 Å². The first kappa shape index (κ1) is 13.0. The number of rotatable bonds is 2. The molecule has 0 unspecified atom stereocenters. The molecule has 2 aromatic rings. The number of aliphatic hydroxyl groups is 2. The van der Waals surface area contributed by atoms with Gasteiger partial charge in [0.15, 0.2) is 6.23 Å². The Hall–Kier alpha value is -0.970. The fourth-order valence-corrected chi connectivity index (χ4v) is 3.01. The Morgan fingerprint density at radius 3 is 2.84 bits per heavy atom. The first-order chi connectivity index (χ1) is 9.13. The van der Waals surface area contributed by atoms with Crippen LogP contribution in [-0.2, 0) is 4.74 Å². The van der Waals surface area contributed by atoms with Gasteiger partial charge in [-0.15, -0.1) is 0 Å². The molecule has 4 atom stereocenters. The molecule has 3 heterocycles. The van der Waals surface area contributed by atoms with Gasteiger partial charge in [-0.05, 0) is 6.07 Å². The molecule has 0 bridgehead atoms. The number of ether oxygens (including phenoxy) is 1. The van der Waals surface area contributed by atoms with Crippen LogP contribution in [0.4, 0.5) is 5.82 Å². The van der Waals surface area contributed by atoms with Crippen LogP contribution in [0.1, 0.15) is 6.23 Å². The third-order valence-electron chi connectivity index (χ3n) is 3.30. The summed E-state index contributed by atoms with van der Waals surface area (Å²) in [5, 5.41) is 20.7. The van der Waals surface area contributed by atoms with E-state index in [1.165, 1.54) is 6.33 Å². The number of nitrogens with zero attached hydrogens (tertiary/aromatic N) is 3. The number of hydrogen-bond acceptors (Lipinski definition) is 6. The zero-order valence-corrected chi connectivity index (χ0v) is 12.0. The van der Waals surface area contributed by atoms with Crippen LogP contribution in [0.3, 0.4) is 0 Å². The Labute approximate surface area is 122 Å². The molecular weight excluding hydrogens is 363 g/mol. The number of nitrogens with two attached hydrogens (primary N) is 1. The molecule has 0 radical (unpaired) electrons. The van der Waals surface area contributed by atoms with Crippen LogP contribution in [-0.4, -0.2) is 47.5 Å². The number of hydrogen-bond donors (Lipinski definition) is 3. The van der Waals surface area contributed by atoms with E-state index in [0.29, 0.717) is 21.3 Å². The lowest BCUT2D eigenvalue weighted by Crippen LogP contribution is -2.32. The van der Waals surface area contributed by atoms with Crippen LogP contribution in [0, 0.1) is 0 Å². The minimum atomic E-state index is -0.994. The van der Waals surface area contributed by atoms with Crippen molar-refractivity contribution in [2.24, 2.45) is 0 Å². The maximum absolute atomic E-state index is 10.1. The third-order valence-corrected chi connectivity index (χ3v) is 4.17. The average Bonchev–Trinajstić information content (AvgIpc) is 2.94. The summed E-state index contributed by atoms with van der Waals surface area (Å²) in [6, 6.07) is 1.77. The topological polar surface area (TPSA) is 106 Å². The fraction of sp³-hybridized carbons (Fsp3) is 0.455. The van der Waals surface area contributed by atoms with Gasteiger partial charge in [0.2, 0.25) is 0 Å². The number of fused-ring (bicyclic) bond motifs is 1. The molecule has 1 aliphatic heterocycles. The van der Waals surface area contributed by atoms with E-state index in [-0.39, 0.29) is 0 Å². The largest absolute Gasteiger partial charge is 0.387 e. The summed E-state index contributed by atoms with van der Waals surface area (Å²) in [5.74, 6) is 0.377. The summed E-state index contributed by atoms with van der Waals surface area (Å²) < 4.78 is 7.96. The minimum Gasteiger partial charge on any atom is -0.387 e. The summed E-state index contributed by atoms with van der Waals surface area (Å²) in [7, 11) is 0. The van der Waals surface area contributed by atoms with Gasteiger partial charge in [-0.1, -0.05) is 22.6 Å². The first-order valence-corrected chi connectivity index (χ1v) is 7.30. The standard InChI is InChI=1S/C11H13IN4O3/c12-3-6-7(17)8(18)11(19-6)16-2-1-5-9(13)14-4-15-10(5)16/h1-2,4,6-8,11,17-18H,3H2,(H2,13,14,15)/t6-,7-,8-,11-/m1/s1. The maximum atomic E-state index is 10.1. The maximum Gasteiger partial charge on any atom is 0.164 e. The van der Waals surface area contributed by atoms with E-state index in [2.05, 4.69) is 32.6 Å². The van der Waals surface area contributed by atoms with Gasteiger partial charge in [-0.3, -0.25) is 0 Å². The molecule has 0 spiro atoms. The predicted molar refractivity (Wildman–Crippen MR) is 76.8 cm³/mol. The lowest BCUT2D eigenvalue weighted by Gasteiger charge is -2.17. The van der Waals surface area contributed by atoms with E-state index in [0.717, 1.165) is 0 Å². The molecule has 0 saturated carbocycles. The van der Waals surface area contributed by atoms with Crippen molar-refractivity contribution in [1.82, 2.24) is 14.5 Å². The van der Waals surface area contributed by atoms with Crippen molar-refractivity contribution >= 4 is 39.4 Å². The molecule has 1 aliphatic rings. The minimum absolute atomic E-state index is 0.377. The second-order valence-corrected chi connectivity index (χ2v) is 5.30. The van der Waals surface area contributed by atoms with Gasteiger partial charge in [0, 0.05) is 10.6 Å². The number of aliphatic hydroxyl groups excluding tert-OH is 2. The van der Waals surface area contributed by atoms with Crippen molar-refractivity contribution in [3.63, 3.8) is 0 Å². The highest BCUT2D eigenvalue weighted by molar-refractivity contribution is 14.1. The Bertz CT molecular complexity index is 605. The van der Waals surface area contributed by atoms with E-state index in [9.17, 15) is 10.2 Å². The van der Waals surface area contributed by atoms with Crippen LogP contribution in [0.5, 0.6) is 0 Å². The highest BCUT2D eigenvalue weighted by atomic mass is 127. The third kappa shape index (κ3) is 1.98. The second kappa shape index (κ2) is 4.85. The van der Waals surface area contributed by atoms with Gasteiger partial charge in [0.05, 0.1) is 11.5 Å². The molecule has 4 N–H and O–H groups in total. The summed E-state index contributed by atoms with van der Waals surface area (Å²) in [6.07, 6.45) is 0.136. The SMILES string of the molecule is Nc1ncnc2c1ccn2[C@@H]1O[C@H](CI)[C@@H](O)[C@H]1O. The van der Waals surface area contributed by atoms with Gasteiger partial charge in [0.25, 0.3) is 0 Å². The van der Waals surface area contributed by atoms with Gasteiger partial charge in [0.1, 0.15) is 30.0 Å². The Morgan fingerprint density at radius 2 is 2.16 bits per heavy atom. The van der Waals surface area contributed by atoms with Crippen LogP contribution >= 0.6 is 22.6 Å².